The molecule has 0 spiro atoms. The number of rotatable bonds is 7. The van der Waals surface area contributed by atoms with Crippen LogP contribution in [0.3, 0.4) is 0 Å². The third kappa shape index (κ3) is 3.57. The Balaban J connectivity index is 1.98. The first-order valence-corrected chi connectivity index (χ1v) is 7.25. The average Bonchev–Trinajstić information content (AvgIpc) is 2.99. The fourth-order valence-electron chi connectivity index (χ4n) is 1.75. The summed E-state index contributed by atoms with van der Waals surface area (Å²) in [5.41, 5.74) is 0.570. The first kappa shape index (κ1) is 14.5. The van der Waals surface area contributed by atoms with Crippen LogP contribution in [-0.2, 0) is 5.75 Å². The molecular formula is C15H16O4S. The van der Waals surface area contributed by atoms with Crippen molar-refractivity contribution in [3.63, 3.8) is 0 Å². The Morgan fingerprint density at radius 2 is 2.10 bits per heavy atom. The number of methoxy groups -OCH3 is 2. The fraction of sp³-hybridized carbons (Fsp3) is 0.267. The van der Waals surface area contributed by atoms with Crippen molar-refractivity contribution in [2.24, 2.45) is 0 Å². The van der Waals surface area contributed by atoms with Gasteiger partial charge in [-0.1, -0.05) is 0 Å². The molecule has 0 amide bonds. The molecule has 5 heteroatoms. The highest BCUT2D eigenvalue weighted by molar-refractivity contribution is 7.99. The smallest absolute Gasteiger partial charge is 0.176 e. The average molecular weight is 292 g/mol. The van der Waals surface area contributed by atoms with Crippen LogP contribution in [0, 0.1) is 0 Å². The van der Waals surface area contributed by atoms with E-state index in [1.54, 1.807) is 38.7 Å². The van der Waals surface area contributed by atoms with E-state index in [0.29, 0.717) is 28.6 Å². The summed E-state index contributed by atoms with van der Waals surface area (Å²) < 4.78 is 15.6. The van der Waals surface area contributed by atoms with Crippen molar-refractivity contribution in [3.05, 3.63) is 47.9 Å². The number of benzene rings is 1. The number of Topliss-reactive ketones (excluding diaryl/α,β-unsaturated/α-hetero) is 1. The van der Waals surface area contributed by atoms with E-state index >= 15 is 0 Å². The van der Waals surface area contributed by atoms with E-state index in [9.17, 15) is 4.79 Å². The molecule has 0 bridgehead atoms. The number of ether oxygens (including phenoxy) is 2. The van der Waals surface area contributed by atoms with Gasteiger partial charge >= 0.3 is 0 Å². The Labute approximate surface area is 122 Å². The van der Waals surface area contributed by atoms with E-state index in [2.05, 4.69) is 0 Å². The standard InChI is InChI=1S/C15H16O4S/c1-17-11-5-6-13(15(8-11)18-2)14(16)10-20-9-12-4-3-7-19-12/h3-8H,9-10H2,1-2H3. The molecule has 1 heterocycles. The van der Waals surface area contributed by atoms with E-state index in [1.807, 2.05) is 12.1 Å². The quantitative estimate of drug-likeness (QED) is 0.732. The second-order valence-electron chi connectivity index (χ2n) is 4.06. The van der Waals surface area contributed by atoms with Gasteiger partial charge in [0.15, 0.2) is 5.78 Å². The van der Waals surface area contributed by atoms with E-state index in [4.69, 9.17) is 13.9 Å². The lowest BCUT2D eigenvalue weighted by Crippen LogP contribution is -2.05. The molecule has 0 saturated heterocycles. The topological polar surface area (TPSA) is 48.7 Å². The van der Waals surface area contributed by atoms with Crippen molar-refractivity contribution >= 4 is 17.5 Å². The number of ketones is 1. The molecule has 20 heavy (non-hydrogen) atoms. The lowest BCUT2D eigenvalue weighted by atomic mass is 10.1. The number of carbonyl (C=O) groups is 1. The number of carbonyl (C=O) groups excluding carboxylic acids is 1. The monoisotopic (exact) mass is 292 g/mol. The summed E-state index contributed by atoms with van der Waals surface area (Å²) in [6, 6.07) is 8.93. The van der Waals surface area contributed by atoms with Crippen LogP contribution in [0.4, 0.5) is 0 Å². The maximum Gasteiger partial charge on any atom is 0.176 e. The van der Waals surface area contributed by atoms with Crippen molar-refractivity contribution in [1.82, 2.24) is 0 Å². The van der Waals surface area contributed by atoms with Crippen LogP contribution < -0.4 is 9.47 Å². The fourth-order valence-corrected chi connectivity index (χ4v) is 2.55. The summed E-state index contributed by atoms with van der Waals surface area (Å²) in [5.74, 6) is 3.15. The number of furan rings is 1. The summed E-state index contributed by atoms with van der Waals surface area (Å²) >= 11 is 1.51. The van der Waals surface area contributed by atoms with Crippen LogP contribution in [0.2, 0.25) is 0 Å². The molecule has 0 aliphatic heterocycles. The minimum Gasteiger partial charge on any atom is -0.497 e. The van der Waals surface area contributed by atoms with E-state index in [-0.39, 0.29) is 5.78 Å². The molecule has 1 aromatic heterocycles. The zero-order chi connectivity index (χ0) is 14.4. The van der Waals surface area contributed by atoms with E-state index in [0.717, 1.165) is 5.76 Å². The minimum absolute atomic E-state index is 0.0288. The molecule has 0 saturated carbocycles. The van der Waals surface area contributed by atoms with Crippen LogP contribution in [0.25, 0.3) is 0 Å². The molecular weight excluding hydrogens is 276 g/mol. The zero-order valence-corrected chi connectivity index (χ0v) is 12.2. The van der Waals surface area contributed by atoms with Crippen molar-refractivity contribution < 1.29 is 18.7 Å². The SMILES string of the molecule is COc1ccc(C(=O)CSCc2ccco2)c(OC)c1. The molecule has 0 unspecified atom stereocenters. The molecule has 0 aliphatic carbocycles. The Morgan fingerprint density at radius 3 is 2.75 bits per heavy atom. The van der Waals surface area contributed by atoms with E-state index in [1.165, 1.54) is 11.8 Å². The molecule has 0 aliphatic rings. The second-order valence-corrected chi connectivity index (χ2v) is 5.05. The highest BCUT2D eigenvalue weighted by Gasteiger charge is 2.13. The molecule has 106 valence electrons. The van der Waals surface area contributed by atoms with Crippen LogP contribution >= 0.6 is 11.8 Å². The van der Waals surface area contributed by atoms with E-state index < -0.39 is 0 Å². The lowest BCUT2D eigenvalue weighted by Gasteiger charge is -2.09. The van der Waals surface area contributed by atoms with Crippen LogP contribution in [-0.4, -0.2) is 25.8 Å². The largest absolute Gasteiger partial charge is 0.497 e. The van der Waals surface area contributed by atoms with Gasteiger partial charge in [0.25, 0.3) is 0 Å². The van der Waals surface area contributed by atoms with Crippen molar-refractivity contribution in [3.8, 4) is 11.5 Å². The number of hydrogen-bond donors (Lipinski definition) is 0. The van der Waals surface area contributed by atoms with Gasteiger partial charge in [-0.15, -0.1) is 11.8 Å². The Bertz CT molecular complexity index is 563. The lowest BCUT2D eigenvalue weighted by molar-refractivity contribution is 0.101. The van der Waals surface area contributed by atoms with Gasteiger partial charge in [0.2, 0.25) is 0 Å². The van der Waals surface area contributed by atoms with Gasteiger partial charge in [-0.2, -0.15) is 0 Å². The Hall–Kier alpha value is -1.88. The summed E-state index contributed by atoms with van der Waals surface area (Å²) in [7, 11) is 3.12. The van der Waals surface area contributed by atoms with Crippen molar-refractivity contribution in [2.75, 3.05) is 20.0 Å². The summed E-state index contributed by atoms with van der Waals surface area (Å²) in [4.78, 5) is 12.2. The third-order valence-corrected chi connectivity index (χ3v) is 3.72. The van der Waals surface area contributed by atoms with Gasteiger partial charge in [0.1, 0.15) is 17.3 Å². The first-order valence-electron chi connectivity index (χ1n) is 6.10. The van der Waals surface area contributed by atoms with Gasteiger partial charge in [-0.05, 0) is 24.3 Å². The minimum atomic E-state index is 0.0288. The summed E-state index contributed by atoms with van der Waals surface area (Å²) in [6.07, 6.45) is 1.63. The van der Waals surface area contributed by atoms with Gasteiger partial charge in [-0.25, -0.2) is 0 Å². The predicted octanol–water partition coefficient (Wildman–Crippen LogP) is 3.41. The molecule has 4 nitrogen and oxygen atoms in total. The molecule has 0 N–H and O–H groups in total. The van der Waals surface area contributed by atoms with Gasteiger partial charge in [0.05, 0.1) is 37.6 Å². The molecule has 2 aromatic rings. The molecule has 1 aromatic carbocycles. The molecule has 0 radical (unpaired) electrons. The summed E-state index contributed by atoms with van der Waals surface area (Å²) in [6.45, 7) is 0. The number of hydrogen-bond acceptors (Lipinski definition) is 5. The first-order chi connectivity index (χ1) is 9.74. The highest BCUT2D eigenvalue weighted by Crippen LogP contribution is 2.26. The van der Waals surface area contributed by atoms with Gasteiger partial charge in [0, 0.05) is 6.07 Å². The highest BCUT2D eigenvalue weighted by atomic mass is 32.2. The maximum atomic E-state index is 12.2. The normalized spacial score (nSPS) is 10.3. The Kier molecular flexibility index (Phi) is 5.12. The zero-order valence-electron chi connectivity index (χ0n) is 11.4. The van der Waals surface area contributed by atoms with Crippen LogP contribution in [0.5, 0.6) is 11.5 Å². The second kappa shape index (κ2) is 7.05. The van der Waals surface area contributed by atoms with Crippen LogP contribution in [0.1, 0.15) is 16.1 Å². The Morgan fingerprint density at radius 1 is 1.25 bits per heavy atom. The molecule has 0 fully saturated rings. The van der Waals surface area contributed by atoms with Crippen molar-refractivity contribution in [1.29, 1.82) is 0 Å². The van der Waals surface area contributed by atoms with Gasteiger partial charge < -0.3 is 13.9 Å². The number of thioether (sulfide) groups is 1. The van der Waals surface area contributed by atoms with Gasteiger partial charge in [-0.3, -0.25) is 4.79 Å². The maximum absolute atomic E-state index is 12.2. The van der Waals surface area contributed by atoms with Crippen molar-refractivity contribution in [2.45, 2.75) is 5.75 Å². The molecule has 0 atom stereocenters. The van der Waals surface area contributed by atoms with Crippen LogP contribution in [0.15, 0.2) is 41.0 Å². The summed E-state index contributed by atoms with van der Waals surface area (Å²) in [5, 5.41) is 0. The molecule has 2 rings (SSSR count). The predicted molar refractivity (Wildman–Crippen MR) is 78.7 cm³/mol. The third-order valence-electron chi connectivity index (χ3n) is 2.77.